The van der Waals surface area contributed by atoms with Crippen molar-refractivity contribution >= 4 is 5.96 Å². The SMILES string of the molecule is CC1(O)CC[N+](C(=N)N)CC1. The van der Waals surface area contributed by atoms with E-state index in [9.17, 15) is 5.11 Å². The fraction of sp³-hybridized carbons (Fsp3) is 0.857. The van der Waals surface area contributed by atoms with Crippen LogP contribution in [0.5, 0.6) is 0 Å². The molecule has 1 radical (unpaired) electrons. The molecular weight excluding hydrogens is 142 g/mol. The van der Waals surface area contributed by atoms with Crippen LogP contribution in [0.1, 0.15) is 19.8 Å². The van der Waals surface area contributed by atoms with Gasteiger partial charge in [-0.25, -0.2) is 5.41 Å². The number of nitrogens with zero attached hydrogens (tertiary/aromatic N) is 1. The van der Waals surface area contributed by atoms with Crippen LogP contribution in [-0.2, 0) is 0 Å². The van der Waals surface area contributed by atoms with Gasteiger partial charge in [-0.15, -0.1) is 4.90 Å². The average Bonchev–Trinajstić information content (AvgIpc) is 1.86. The first-order valence-corrected chi connectivity index (χ1v) is 3.83. The lowest BCUT2D eigenvalue weighted by molar-refractivity contribution is 0.0220. The Morgan fingerprint density at radius 3 is 2.36 bits per heavy atom. The van der Waals surface area contributed by atoms with Gasteiger partial charge in [0.2, 0.25) is 0 Å². The zero-order valence-corrected chi connectivity index (χ0v) is 6.80. The number of hydrogen-bond donors (Lipinski definition) is 3. The Balaban J connectivity index is 2.42. The molecule has 0 bridgehead atoms. The van der Waals surface area contributed by atoms with Crippen LogP contribution >= 0.6 is 0 Å². The van der Waals surface area contributed by atoms with Crippen molar-refractivity contribution in [3.63, 3.8) is 0 Å². The Morgan fingerprint density at radius 1 is 1.55 bits per heavy atom. The van der Waals surface area contributed by atoms with E-state index < -0.39 is 5.60 Å². The first kappa shape index (κ1) is 8.49. The van der Waals surface area contributed by atoms with Gasteiger partial charge in [0.1, 0.15) is 13.1 Å². The van der Waals surface area contributed by atoms with Crippen LogP contribution in [0, 0.1) is 5.41 Å². The Bertz CT molecular complexity index is 157. The summed E-state index contributed by atoms with van der Waals surface area (Å²) in [6.45, 7) is 3.22. The van der Waals surface area contributed by atoms with Gasteiger partial charge >= 0.3 is 5.96 Å². The standard InChI is InChI=1S/C7H15N3O/c1-7(11)2-4-10(5-3-7)6(8)9/h11H,2-5H2,1H3,(H3,8,9)/q+1. The number of nitrogens with two attached hydrogens (primary N) is 1. The molecule has 0 aromatic rings. The number of hydrogen-bond acceptors (Lipinski definition) is 2. The van der Waals surface area contributed by atoms with Crippen LogP contribution in [0.2, 0.25) is 0 Å². The van der Waals surface area contributed by atoms with E-state index in [4.69, 9.17) is 11.1 Å². The van der Waals surface area contributed by atoms with Crippen LogP contribution in [0.4, 0.5) is 0 Å². The zero-order valence-electron chi connectivity index (χ0n) is 6.80. The highest BCUT2D eigenvalue weighted by Gasteiger charge is 2.34. The van der Waals surface area contributed by atoms with Crippen LogP contribution in [0.3, 0.4) is 0 Å². The number of likely N-dealkylation sites (tertiary alicyclic amines) is 1. The normalized spacial score (nSPS) is 24.9. The van der Waals surface area contributed by atoms with E-state index in [1.54, 1.807) is 4.90 Å². The fourth-order valence-electron chi connectivity index (χ4n) is 1.23. The highest BCUT2D eigenvalue weighted by atomic mass is 16.3. The van der Waals surface area contributed by atoms with Crippen molar-refractivity contribution in [2.45, 2.75) is 25.4 Å². The Kier molecular flexibility index (Phi) is 2.15. The second kappa shape index (κ2) is 2.79. The summed E-state index contributed by atoms with van der Waals surface area (Å²) in [5.41, 5.74) is 4.73. The van der Waals surface area contributed by atoms with E-state index >= 15 is 0 Å². The minimum atomic E-state index is -0.550. The van der Waals surface area contributed by atoms with Gasteiger partial charge in [-0.1, -0.05) is 0 Å². The van der Waals surface area contributed by atoms with Crippen LogP contribution < -0.4 is 10.6 Å². The largest absolute Gasteiger partial charge is 0.390 e. The molecule has 0 unspecified atom stereocenters. The van der Waals surface area contributed by atoms with Crippen LogP contribution in [0.15, 0.2) is 0 Å². The molecule has 0 aromatic heterocycles. The monoisotopic (exact) mass is 157 g/mol. The predicted molar refractivity (Wildman–Crippen MR) is 43.6 cm³/mol. The smallest absolute Gasteiger partial charge is 0.341 e. The van der Waals surface area contributed by atoms with Crippen molar-refractivity contribution in [1.29, 1.82) is 5.41 Å². The summed E-state index contributed by atoms with van der Waals surface area (Å²) in [5, 5.41) is 16.7. The van der Waals surface area contributed by atoms with E-state index in [2.05, 4.69) is 0 Å². The van der Waals surface area contributed by atoms with Gasteiger partial charge in [0.15, 0.2) is 0 Å². The van der Waals surface area contributed by atoms with Crippen molar-refractivity contribution in [1.82, 2.24) is 4.90 Å². The van der Waals surface area contributed by atoms with E-state index in [1.807, 2.05) is 6.92 Å². The van der Waals surface area contributed by atoms with Gasteiger partial charge < -0.3 is 10.8 Å². The van der Waals surface area contributed by atoms with Gasteiger partial charge in [0.25, 0.3) is 0 Å². The first-order valence-electron chi connectivity index (χ1n) is 3.83. The highest BCUT2D eigenvalue weighted by molar-refractivity contribution is 5.77. The van der Waals surface area contributed by atoms with E-state index in [0.29, 0.717) is 25.9 Å². The van der Waals surface area contributed by atoms with Crippen molar-refractivity contribution in [2.75, 3.05) is 13.1 Å². The summed E-state index contributed by atoms with van der Waals surface area (Å²) in [6.07, 6.45) is 1.40. The quantitative estimate of drug-likeness (QED) is 0.253. The van der Waals surface area contributed by atoms with Gasteiger partial charge in [0.05, 0.1) is 5.60 Å². The van der Waals surface area contributed by atoms with E-state index in [0.717, 1.165) is 0 Å². The summed E-state index contributed by atoms with van der Waals surface area (Å²) in [5.74, 6) is 0.112. The van der Waals surface area contributed by atoms with Crippen molar-refractivity contribution in [2.24, 2.45) is 5.73 Å². The number of rotatable bonds is 0. The summed E-state index contributed by atoms with van der Waals surface area (Å²) < 4.78 is 0. The molecule has 1 rings (SSSR count). The van der Waals surface area contributed by atoms with Gasteiger partial charge in [0, 0.05) is 12.8 Å². The molecule has 0 saturated carbocycles. The molecule has 4 nitrogen and oxygen atoms in total. The molecular formula is C7H15N3O+. The molecule has 0 aliphatic carbocycles. The molecule has 0 amide bonds. The van der Waals surface area contributed by atoms with Gasteiger partial charge in [-0.3, -0.25) is 0 Å². The zero-order chi connectivity index (χ0) is 8.48. The van der Waals surface area contributed by atoms with Crippen LogP contribution in [-0.4, -0.2) is 29.8 Å². The summed E-state index contributed by atoms with van der Waals surface area (Å²) >= 11 is 0. The van der Waals surface area contributed by atoms with Gasteiger partial charge in [-0.2, -0.15) is 0 Å². The number of piperidine rings is 1. The predicted octanol–water partition coefficient (Wildman–Crippen LogP) is -0.435. The maximum Gasteiger partial charge on any atom is 0.341 e. The lowest BCUT2D eigenvalue weighted by Crippen LogP contribution is -2.51. The molecule has 1 fully saturated rings. The van der Waals surface area contributed by atoms with Crippen molar-refractivity contribution in [3.8, 4) is 0 Å². The molecule has 0 atom stereocenters. The first-order chi connectivity index (χ1) is 5.01. The number of guanidine groups is 1. The molecule has 1 heterocycles. The average molecular weight is 157 g/mol. The van der Waals surface area contributed by atoms with Gasteiger partial charge in [-0.05, 0) is 6.92 Å². The third kappa shape index (κ3) is 2.17. The lowest BCUT2D eigenvalue weighted by atomic mass is 9.94. The maximum absolute atomic E-state index is 9.54. The van der Waals surface area contributed by atoms with E-state index in [-0.39, 0.29) is 5.96 Å². The molecule has 1 aliphatic rings. The van der Waals surface area contributed by atoms with Crippen LogP contribution in [0.25, 0.3) is 0 Å². The lowest BCUT2D eigenvalue weighted by Gasteiger charge is -2.27. The summed E-state index contributed by atoms with van der Waals surface area (Å²) in [7, 11) is 0. The Labute approximate surface area is 66.5 Å². The molecule has 11 heavy (non-hydrogen) atoms. The van der Waals surface area contributed by atoms with Crippen molar-refractivity contribution in [3.05, 3.63) is 0 Å². The molecule has 0 spiro atoms. The summed E-state index contributed by atoms with van der Waals surface area (Å²) in [4.78, 5) is 1.78. The molecule has 1 saturated heterocycles. The second-order valence-corrected chi connectivity index (χ2v) is 3.37. The summed E-state index contributed by atoms with van der Waals surface area (Å²) in [6, 6.07) is 0. The second-order valence-electron chi connectivity index (χ2n) is 3.37. The number of aliphatic hydroxyl groups is 1. The Hall–Kier alpha value is -0.610. The molecule has 4 N–H and O–H groups in total. The molecule has 63 valence electrons. The topological polar surface area (TPSA) is 76.0 Å². The minimum Gasteiger partial charge on any atom is -0.390 e. The maximum atomic E-state index is 9.54. The highest BCUT2D eigenvalue weighted by Crippen LogP contribution is 2.18. The van der Waals surface area contributed by atoms with E-state index in [1.165, 1.54) is 0 Å². The van der Waals surface area contributed by atoms with Crippen molar-refractivity contribution < 1.29 is 5.11 Å². The number of nitrogens with one attached hydrogen (secondary N) is 1. The Morgan fingerprint density at radius 2 is 2.00 bits per heavy atom. The third-order valence-electron chi connectivity index (χ3n) is 2.18. The molecule has 0 aromatic carbocycles. The fourth-order valence-corrected chi connectivity index (χ4v) is 1.23. The molecule has 4 heteroatoms. The third-order valence-corrected chi connectivity index (χ3v) is 2.18. The molecule has 1 aliphatic heterocycles. The minimum absolute atomic E-state index is 0.112.